The highest BCUT2D eigenvalue weighted by atomic mass is 79.9. The van der Waals surface area contributed by atoms with Crippen molar-refractivity contribution >= 4 is 15.9 Å². The van der Waals surface area contributed by atoms with Gasteiger partial charge in [-0.1, -0.05) is 13.8 Å². The first-order valence-corrected chi connectivity index (χ1v) is 6.02. The van der Waals surface area contributed by atoms with Gasteiger partial charge < -0.3 is 14.6 Å². The molecule has 1 N–H and O–H groups in total. The average molecular weight is 275 g/mol. The van der Waals surface area contributed by atoms with Gasteiger partial charge >= 0.3 is 0 Å². The van der Waals surface area contributed by atoms with Gasteiger partial charge in [-0.25, -0.2) is 0 Å². The van der Waals surface area contributed by atoms with Crippen LogP contribution < -0.4 is 5.32 Å². The molecule has 0 aliphatic carbocycles. The van der Waals surface area contributed by atoms with E-state index in [1.54, 1.807) is 6.26 Å². The number of hydrogen-bond acceptors (Lipinski definition) is 3. The lowest BCUT2D eigenvalue weighted by Crippen LogP contribution is -2.32. The summed E-state index contributed by atoms with van der Waals surface area (Å²) in [4.78, 5) is 2.27. The van der Waals surface area contributed by atoms with Gasteiger partial charge in [0.05, 0.1) is 6.26 Å². The van der Waals surface area contributed by atoms with Gasteiger partial charge in [-0.3, -0.25) is 0 Å². The Morgan fingerprint density at radius 3 is 2.80 bits per heavy atom. The van der Waals surface area contributed by atoms with Crippen molar-refractivity contribution in [3.05, 3.63) is 22.6 Å². The summed E-state index contributed by atoms with van der Waals surface area (Å²) in [6.45, 7) is 7.29. The highest BCUT2D eigenvalue weighted by Crippen LogP contribution is 2.18. The molecular weight excluding hydrogens is 256 g/mol. The predicted molar refractivity (Wildman–Crippen MR) is 65.9 cm³/mol. The second-order valence-corrected chi connectivity index (χ2v) is 4.79. The third-order valence-electron chi connectivity index (χ3n) is 2.18. The van der Waals surface area contributed by atoms with Crippen LogP contribution in [0.2, 0.25) is 0 Å². The van der Waals surface area contributed by atoms with Crippen LogP contribution in [-0.2, 0) is 6.54 Å². The number of halogens is 1. The van der Waals surface area contributed by atoms with E-state index in [-0.39, 0.29) is 0 Å². The number of nitrogens with one attached hydrogen (secondary N) is 1. The number of nitrogens with zero attached hydrogens (tertiary/aromatic N) is 1. The number of furan rings is 1. The van der Waals surface area contributed by atoms with Gasteiger partial charge in [0.1, 0.15) is 0 Å². The summed E-state index contributed by atoms with van der Waals surface area (Å²) in [7, 11) is 2.11. The van der Waals surface area contributed by atoms with E-state index < -0.39 is 0 Å². The third-order valence-corrected chi connectivity index (χ3v) is 2.88. The van der Waals surface area contributed by atoms with Crippen molar-refractivity contribution in [2.24, 2.45) is 0 Å². The van der Waals surface area contributed by atoms with Crippen LogP contribution >= 0.6 is 15.9 Å². The number of rotatable bonds is 6. The minimum atomic E-state index is 0.555. The quantitative estimate of drug-likeness (QED) is 0.864. The van der Waals surface area contributed by atoms with Gasteiger partial charge in [-0.05, 0) is 29.0 Å². The molecule has 0 bridgehead atoms. The Labute approximate surface area is 100.0 Å². The standard InChI is InChI=1S/C11H19BrN2O/c1-9(2)13-5-6-14(3)8-10-4-7-15-11(10)12/h4,7,9,13H,5-6,8H2,1-3H3. The summed E-state index contributed by atoms with van der Waals surface area (Å²) >= 11 is 3.38. The fourth-order valence-electron chi connectivity index (χ4n) is 1.35. The fourth-order valence-corrected chi connectivity index (χ4v) is 1.71. The van der Waals surface area contributed by atoms with Crippen LogP contribution in [0, 0.1) is 0 Å². The molecule has 0 radical (unpaired) electrons. The van der Waals surface area contributed by atoms with Crippen molar-refractivity contribution in [2.45, 2.75) is 26.4 Å². The van der Waals surface area contributed by atoms with Crippen molar-refractivity contribution in [3.63, 3.8) is 0 Å². The minimum Gasteiger partial charge on any atom is -0.457 e. The van der Waals surface area contributed by atoms with Crippen molar-refractivity contribution in [2.75, 3.05) is 20.1 Å². The summed E-state index contributed by atoms with van der Waals surface area (Å²) in [5.74, 6) is 0. The maximum Gasteiger partial charge on any atom is 0.173 e. The van der Waals surface area contributed by atoms with Crippen LogP contribution in [0.3, 0.4) is 0 Å². The van der Waals surface area contributed by atoms with E-state index in [0.717, 1.165) is 24.3 Å². The molecule has 1 aromatic heterocycles. The second kappa shape index (κ2) is 6.30. The highest BCUT2D eigenvalue weighted by Gasteiger charge is 2.06. The zero-order valence-corrected chi connectivity index (χ0v) is 11.2. The molecule has 0 atom stereocenters. The normalized spacial score (nSPS) is 11.6. The Morgan fingerprint density at radius 1 is 1.53 bits per heavy atom. The monoisotopic (exact) mass is 274 g/mol. The summed E-state index contributed by atoms with van der Waals surface area (Å²) in [6, 6.07) is 2.55. The van der Waals surface area contributed by atoms with Gasteiger partial charge in [0.25, 0.3) is 0 Å². The maximum atomic E-state index is 5.18. The van der Waals surface area contributed by atoms with Crippen molar-refractivity contribution in [1.82, 2.24) is 10.2 Å². The van der Waals surface area contributed by atoms with Crippen LogP contribution in [-0.4, -0.2) is 31.1 Å². The van der Waals surface area contributed by atoms with E-state index in [0.29, 0.717) is 6.04 Å². The van der Waals surface area contributed by atoms with Gasteiger partial charge in [-0.2, -0.15) is 0 Å². The zero-order chi connectivity index (χ0) is 11.3. The summed E-state index contributed by atoms with van der Waals surface area (Å²) in [5, 5.41) is 3.39. The molecule has 0 spiro atoms. The molecule has 1 aromatic rings. The molecule has 0 aliphatic heterocycles. The minimum absolute atomic E-state index is 0.555. The van der Waals surface area contributed by atoms with Crippen LogP contribution in [0.25, 0.3) is 0 Å². The van der Waals surface area contributed by atoms with Gasteiger partial charge in [0.2, 0.25) is 0 Å². The largest absolute Gasteiger partial charge is 0.457 e. The van der Waals surface area contributed by atoms with Crippen LogP contribution in [0.4, 0.5) is 0 Å². The predicted octanol–water partition coefficient (Wildman–Crippen LogP) is 2.47. The first-order chi connectivity index (χ1) is 7.09. The second-order valence-electron chi connectivity index (χ2n) is 4.07. The molecule has 0 saturated heterocycles. The highest BCUT2D eigenvalue weighted by molar-refractivity contribution is 9.10. The van der Waals surface area contributed by atoms with Crippen LogP contribution in [0.5, 0.6) is 0 Å². The fraction of sp³-hybridized carbons (Fsp3) is 0.636. The van der Waals surface area contributed by atoms with E-state index >= 15 is 0 Å². The molecule has 0 fully saturated rings. The first kappa shape index (κ1) is 12.7. The lowest BCUT2D eigenvalue weighted by molar-refractivity contribution is 0.317. The lowest BCUT2D eigenvalue weighted by Gasteiger charge is -2.17. The molecule has 0 saturated carbocycles. The van der Waals surface area contributed by atoms with E-state index in [2.05, 4.69) is 47.0 Å². The Kier molecular flexibility index (Phi) is 5.36. The van der Waals surface area contributed by atoms with Crippen molar-refractivity contribution in [3.8, 4) is 0 Å². The maximum absolute atomic E-state index is 5.18. The third kappa shape index (κ3) is 4.82. The Morgan fingerprint density at radius 2 is 2.27 bits per heavy atom. The molecule has 0 aliphatic rings. The molecule has 86 valence electrons. The number of hydrogen-bond donors (Lipinski definition) is 1. The van der Waals surface area contributed by atoms with Gasteiger partial charge in [-0.15, -0.1) is 0 Å². The molecule has 15 heavy (non-hydrogen) atoms. The molecular formula is C11H19BrN2O. The van der Waals surface area contributed by atoms with Crippen LogP contribution in [0.1, 0.15) is 19.4 Å². The SMILES string of the molecule is CC(C)NCCN(C)Cc1ccoc1Br. The molecule has 1 heterocycles. The summed E-state index contributed by atoms with van der Waals surface area (Å²) in [5.41, 5.74) is 1.20. The Balaban J connectivity index is 2.24. The molecule has 0 amide bonds. The molecule has 0 unspecified atom stereocenters. The van der Waals surface area contributed by atoms with E-state index in [1.807, 2.05) is 6.07 Å². The number of likely N-dealkylation sites (N-methyl/N-ethyl adjacent to an activating group) is 1. The van der Waals surface area contributed by atoms with Gasteiger partial charge in [0, 0.05) is 31.2 Å². The molecule has 1 rings (SSSR count). The zero-order valence-electron chi connectivity index (χ0n) is 9.59. The van der Waals surface area contributed by atoms with Gasteiger partial charge in [0.15, 0.2) is 4.67 Å². The topological polar surface area (TPSA) is 28.4 Å². The smallest absolute Gasteiger partial charge is 0.173 e. The average Bonchev–Trinajstić information content (AvgIpc) is 2.51. The molecule has 4 heteroatoms. The van der Waals surface area contributed by atoms with E-state index in [9.17, 15) is 0 Å². The summed E-state index contributed by atoms with van der Waals surface area (Å²) < 4.78 is 6.02. The lowest BCUT2D eigenvalue weighted by atomic mass is 10.3. The molecule has 0 aromatic carbocycles. The Hall–Kier alpha value is -0.320. The van der Waals surface area contributed by atoms with E-state index in [1.165, 1.54) is 5.56 Å². The van der Waals surface area contributed by atoms with Crippen molar-refractivity contribution < 1.29 is 4.42 Å². The Bertz CT molecular complexity index is 286. The van der Waals surface area contributed by atoms with Crippen LogP contribution in [0.15, 0.2) is 21.4 Å². The van der Waals surface area contributed by atoms with Crippen molar-refractivity contribution in [1.29, 1.82) is 0 Å². The molecule has 3 nitrogen and oxygen atoms in total. The summed E-state index contributed by atoms with van der Waals surface area (Å²) in [6.07, 6.45) is 1.71. The first-order valence-electron chi connectivity index (χ1n) is 5.23. The van der Waals surface area contributed by atoms with E-state index in [4.69, 9.17) is 4.42 Å².